The molecule has 0 spiro atoms. The lowest BCUT2D eigenvalue weighted by Gasteiger charge is -2.23. The first-order valence-electron chi connectivity index (χ1n) is 7.11. The van der Waals surface area contributed by atoms with E-state index in [1.165, 1.54) is 48.8 Å². The van der Waals surface area contributed by atoms with Crippen molar-refractivity contribution >= 4 is 11.8 Å². The number of nitrogens with two attached hydrogens (primary N) is 1. The molecule has 0 amide bonds. The zero-order valence-corrected chi connectivity index (χ0v) is 12.4. The maximum atomic E-state index is 6.31. The summed E-state index contributed by atoms with van der Waals surface area (Å²) in [5.41, 5.74) is 10.3. The summed E-state index contributed by atoms with van der Waals surface area (Å²) >= 11 is 2.09. The zero-order valence-electron chi connectivity index (χ0n) is 11.6. The van der Waals surface area contributed by atoms with Crippen LogP contribution in [0, 0.1) is 13.8 Å². The summed E-state index contributed by atoms with van der Waals surface area (Å²) in [5, 5.41) is 0.858. The van der Waals surface area contributed by atoms with Gasteiger partial charge in [-0.1, -0.05) is 37.5 Å². The Morgan fingerprint density at radius 2 is 1.89 bits per heavy atom. The molecule has 2 N–H and O–H groups in total. The standard InChI is InChI=1S/C16H25NS/c1-12-8-9-14(10-13(12)2)16(17)11-18-15-6-4-3-5-7-15/h8-10,15-16H,3-7,11,17H2,1-2H3. The molecule has 1 aromatic carbocycles. The van der Waals surface area contributed by atoms with Crippen LogP contribution in [0.2, 0.25) is 0 Å². The summed E-state index contributed by atoms with van der Waals surface area (Å²) in [6.07, 6.45) is 7.04. The van der Waals surface area contributed by atoms with Crippen molar-refractivity contribution in [3.05, 3.63) is 34.9 Å². The van der Waals surface area contributed by atoms with E-state index < -0.39 is 0 Å². The van der Waals surface area contributed by atoms with Crippen LogP contribution in [0.1, 0.15) is 54.8 Å². The molecule has 0 bridgehead atoms. The van der Waals surface area contributed by atoms with E-state index in [4.69, 9.17) is 5.73 Å². The van der Waals surface area contributed by atoms with Gasteiger partial charge in [-0.15, -0.1) is 0 Å². The maximum absolute atomic E-state index is 6.31. The molecule has 1 fully saturated rings. The van der Waals surface area contributed by atoms with E-state index in [0.29, 0.717) is 0 Å². The van der Waals surface area contributed by atoms with E-state index >= 15 is 0 Å². The molecule has 1 aliphatic carbocycles. The highest BCUT2D eigenvalue weighted by Gasteiger charge is 2.16. The second-order valence-electron chi connectivity index (χ2n) is 5.54. The van der Waals surface area contributed by atoms with E-state index in [1.807, 2.05) is 0 Å². The van der Waals surface area contributed by atoms with E-state index in [1.54, 1.807) is 0 Å². The molecule has 2 rings (SSSR count). The summed E-state index contributed by atoms with van der Waals surface area (Å²) in [6, 6.07) is 6.82. The minimum atomic E-state index is 0.191. The van der Waals surface area contributed by atoms with Crippen molar-refractivity contribution in [2.75, 3.05) is 5.75 Å². The first kappa shape index (κ1) is 14.0. The molecule has 100 valence electrons. The molecule has 0 heterocycles. The van der Waals surface area contributed by atoms with Gasteiger partial charge >= 0.3 is 0 Å². The molecule has 1 nitrogen and oxygen atoms in total. The Morgan fingerprint density at radius 3 is 2.56 bits per heavy atom. The van der Waals surface area contributed by atoms with Crippen LogP contribution in [0.15, 0.2) is 18.2 Å². The second-order valence-corrected chi connectivity index (χ2v) is 6.88. The molecule has 1 saturated carbocycles. The lowest BCUT2D eigenvalue weighted by molar-refractivity contribution is 0.515. The first-order chi connectivity index (χ1) is 8.66. The topological polar surface area (TPSA) is 26.0 Å². The van der Waals surface area contributed by atoms with Crippen LogP contribution in [0.25, 0.3) is 0 Å². The van der Waals surface area contributed by atoms with Gasteiger partial charge in [-0.25, -0.2) is 0 Å². The molecule has 0 saturated heterocycles. The van der Waals surface area contributed by atoms with E-state index in [0.717, 1.165) is 11.0 Å². The van der Waals surface area contributed by atoms with Crippen LogP contribution >= 0.6 is 11.8 Å². The molecule has 1 aromatic rings. The van der Waals surface area contributed by atoms with Gasteiger partial charge in [-0.3, -0.25) is 0 Å². The van der Waals surface area contributed by atoms with Crippen molar-refractivity contribution in [1.82, 2.24) is 0 Å². The third-order valence-electron chi connectivity index (χ3n) is 4.02. The summed E-state index contributed by atoms with van der Waals surface area (Å²) in [4.78, 5) is 0. The van der Waals surface area contributed by atoms with Gasteiger partial charge in [0.1, 0.15) is 0 Å². The summed E-state index contributed by atoms with van der Waals surface area (Å²) in [5.74, 6) is 1.06. The minimum Gasteiger partial charge on any atom is -0.323 e. The van der Waals surface area contributed by atoms with Gasteiger partial charge in [0, 0.05) is 17.0 Å². The fourth-order valence-corrected chi connectivity index (χ4v) is 3.90. The quantitative estimate of drug-likeness (QED) is 0.873. The Bertz CT molecular complexity index is 383. The van der Waals surface area contributed by atoms with Crippen LogP contribution in [0.4, 0.5) is 0 Å². The highest BCUT2D eigenvalue weighted by Crippen LogP contribution is 2.30. The average Bonchev–Trinajstić information content (AvgIpc) is 2.40. The SMILES string of the molecule is Cc1ccc(C(N)CSC2CCCCC2)cc1C. The maximum Gasteiger partial charge on any atom is 0.0386 e. The smallest absolute Gasteiger partial charge is 0.0386 e. The van der Waals surface area contributed by atoms with Crippen LogP contribution in [-0.4, -0.2) is 11.0 Å². The van der Waals surface area contributed by atoms with Gasteiger partial charge in [0.2, 0.25) is 0 Å². The van der Waals surface area contributed by atoms with Crippen LogP contribution in [-0.2, 0) is 0 Å². The van der Waals surface area contributed by atoms with E-state index in [9.17, 15) is 0 Å². The Morgan fingerprint density at radius 1 is 1.17 bits per heavy atom. The zero-order chi connectivity index (χ0) is 13.0. The molecule has 0 radical (unpaired) electrons. The van der Waals surface area contributed by atoms with Crippen molar-refractivity contribution < 1.29 is 0 Å². The third-order valence-corrected chi connectivity index (χ3v) is 5.52. The third kappa shape index (κ3) is 3.76. The molecule has 2 heteroatoms. The van der Waals surface area contributed by atoms with Gasteiger partial charge in [0.25, 0.3) is 0 Å². The van der Waals surface area contributed by atoms with E-state index in [2.05, 4.69) is 43.8 Å². The molecular weight excluding hydrogens is 238 g/mol. The van der Waals surface area contributed by atoms with Crippen molar-refractivity contribution in [1.29, 1.82) is 0 Å². The highest BCUT2D eigenvalue weighted by atomic mass is 32.2. The fraction of sp³-hybridized carbons (Fsp3) is 0.625. The number of hydrogen-bond donors (Lipinski definition) is 1. The van der Waals surface area contributed by atoms with Crippen molar-refractivity contribution in [3.63, 3.8) is 0 Å². The lowest BCUT2D eigenvalue weighted by atomic mass is 10.0. The lowest BCUT2D eigenvalue weighted by Crippen LogP contribution is -2.17. The number of benzene rings is 1. The molecule has 18 heavy (non-hydrogen) atoms. The van der Waals surface area contributed by atoms with Crippen LogP contribution < -0.4 is 5.73 Å². The van der Waals surface area contributed by atoms with E-state index in [-0.39, 0.29) is 6.04 Å². The number of thioether (sulfide) groups is 1. The number of rotatable bonds is 4. The Balaban J connectivity index is 1.86. The molecule has 0 aromatic heterocycles. The second kappa shape index (κ2) is 6.63. The van der Waals surface area contributed by atoms with Crippen molar-refractivity contribution in [2.45, 2.75) is 57.2 Å². The largest absolute Gasteiger partial charge is 0.323 e. The minimum absolute atomic E-state index is 0.191. The molecular formula is C16H25NS. The Hall–Kier alpha value is -0.470. The number of aryl methyl sites for hydroxylation is 2. The Labute approximate surface area is 116 Å². The Kier molecular flexibility index (Phi) is 5.13. The summed E-state index contributed by atoms with van der Waals surface area (Å²) in [7, 11) is 0. The molecule has 1 unspecified atom stereocenters. The van der Waals surface area contributed by atoms with Gasteiger partial charge in [0.05, 0.1) is 0 Å². The van der Waals surface area contributed by atoms with Gasteiger partial charge in [-0.05, 0) is 43.4 Å². The normalized spacial score (nSPS) is 18.8. The molecule has 0 aliphatic heterocycles. The predicted octanol–water partition coefficient (Wildman–Crippen LogP) is 4.37. The highest BCUT2D eigenvalue weighted by molar-refractivity contribution is 7.99. The summed E-state index contributed by atoms with van der Waals surface area (Å²) < 4.78 is 0. The van der Waals surface area contributed by atoms with Crippen molar-refractivity contribution in [2.24, 2.45) is 5.73 Å². The van der Waals surface area contributed by atoms with Crippen molar-refractivity contribution in [3.8, 4) is 0 Å². The monoisotopic (exact) mass is 263 g/mol. The van der Waals surface area contributed by atoms with Gasteiger partial charge in [-0.2, -0.15) is 11.8 Å². The van der Waals surface area contributed by atoms with Gasteiger partial charge in [0.15, 0.2) is 0 Å². The molecule has 1 aliphatic rings. The van der Waals surface area contributed by atoms with Gasteiger partial charge < -0.3 is 5.73 Å². The van der Waals surface area contributed by atoms with Crippen LogP contribution in [0.5, 0.6) is 0 Å². The average molecular weight is 263 g/mol. The first-order valence-corrected chi connectivity index (χ1v) is 8.16. The number of hydrogen-bond acceptors (Lipinski definition) is 2. The molecule has 1 atom stereocenters. The summed E-state index contributed by atoms with van der Waals surface area (Å²) in [6.45, 7) is 4.32. The fourth-order valence-electron chi connectivity index (χ4n) is 2.56. The van der Waals surface area contributed by atoms with Crippen LogP contribution in [0.3, 0.4) is 0 Å². The predicted molar refractivity (Wildman–Crippen MR) is 82.2 cm³/mol.